The van der Waals surface area contributed by atoms with Gasteiger partial charge in [-0.1, -0.05) is 0 Å². The average Bonchev–Trinajstić information content (AvgIpc) is 3.46. The summed E-state index contributed by atoms with van der Waals surface area (Å²) >= 11 is 0. The highest BCUT2D eigenvalue weighted by atomic mass is 16.7. The van der Waals surface area contributed by atoms with Gasteiger partial charge in [0.15, 0.2) is 23.6 Å². The van der Waals surface area contributed by atoms with Crippen molar-refractivity contribution in [3.05, 3.63) is 41.0 Å². The number of ketones is 1. The van der Waals surface area contributed by atoms with Crippen LogP contribution in [0.2, 0.25) is 0 Å². The molecule has 0 spiro atoms. The lowest BCUT2D eigenvalue weighted by Crippen LogP contribution is -2.62. The number of hydrogen-bond donors (Lipinski definition) is 5. The fraction of sp³-hybridized carbons (Fsp3) is 0.552. The zero-order valence-corrected chi connectivity index (χ0v) is 23.3. The third-order valence-corrected chi connectivity index (χ3v) is 8.55. The monoisotopic (exact) mass is 590 g/mol. The van der Waals surface area contributed by atoms with E-state index in [1.165, 1.54) is 14.2 Å². The number of methoxy groups -OCH3 is 2. The Labute approximate surface area is 241 Å². The van der Waals surface area contributed by atoms with E-state index in [1.54, 1.807) is 31.2 Å². The lowest BCUT2D eigenvalue weighted by Gasteiger charge is -2.44. The van der Waals surface area contributed by atoms with Gasteiger partial charge in [-0.05, 0) is 25.1 Å². The highest BCUT2D eigenvalue weighted by molar-refractivity contribution is 6.06. The van der Waals surface area contributed by atoms with Gasteiger partial charge in [0.1, 0.15) is 66.1 Å². The molecule has 2 aromatic rings. The van der Waals surface area contributed by atoms with Gasteiger partial charge >= 0.3 is 0 Å². The Kier molecular flexibility index (Phi) is 7.46. The number of hydrogen-bond acceptors (Lipinski definition) is 13. The summed E-state index contributed by atoms with van der Waals surface area (Å²) in [6, 6.07) is 6.72. The second-order valence-electron chi connectivity index (χ2n) is 11.1. The molecular weight excluding hydrogens is 556 g/mol. The Morgan fingerprint density at radius 3 is 2.40 bits per heavy atom. The van der Waals surface area contributed by atoms with E-state index in [0.717, 1.165) is 0 Å². The summed E-state index contributed by atoms with van der Waals surface area (Å²) in [5.74, 6) is 1.49. The van der Waals surface area contributed by atoms with Crippen molar-refractivity contribution in [2.75, 3.05) is 34.0 Å². The van der Waals surface area contributed by atoms with Crippen molar-refractivity contribution in [3.8, 4) is 28.7 Å². The molecule has 9 atom stereocenters. The molecule has 4 aliphatic heterocycles. The number of fused-ring (bicyclic) bond motifs is 6. The van der Waals surface area contributed by atoms with E-state index < -0.39 is 67.6 Å². The molecule has 13 heteroatoms. The van der Waals surface area contributed by atoms with E-state index >= 15 is 0 Å². The van der Waals surface area contributed by atoms with Gasteiger partial charge in [-0.25, -0.2) is 0 Å². The Morgan fingerprint density at radius 1 is 0.976 bits per heavy atom. The van der Waals surface area contributed by atoms with E-state index in [0.29, 0.717) is 45.4 Å². The first-order valence-electron chi connectivity index (χ1n) is 13.6. The van der Waals surface area contributed by atoms with Crippen LogP contribution < -0.4 is 23.7 Å². The zero-order chi connectivity index (χ0) is 29.9. The van der Waals surface area contributed by atoms with Gasteiger partial charge < -0.3 is 58.7 Å². The molecular formula is C29H34O13. The van der Waals surface area contributed by atoms with Gasteiger partial charge in [0.2, 0.25) is 0 Å². The van der Waals surface area contributed by atoms with Gasteiger partial charge in [-0.3, -0.25) is 4.79 Å². The minimum absolute atomic E-state index is 0.126. The van der Waals surface area contributed by atoms with Crippen LogP contribution in [-0.4, -0.2) is 114 Å². The molecule has 0 unspecified atom stereocenters. The van der Waals surface area contributed by atoms with E-state index in [9.17, 15) is 30.3 Å². The normalized spacial score (nSPS) is 32.6. The summed E-state index contributed by atoms with van der Waals surface area (Å²) in [6.45, 7) is 0.484. The first-order valence-corrected chi connectivity index (χ1v) is 13.6. The maximum Gasteiger partial charge on any atom is 0.187 e. The third kappa shape index (κ3) is 4.47. The van der Waals surface area contributed by atoms with Gasteiger partial charge in [0.05, 0.1) is 38.9 Å². The summed E-state index contributed by atoms with van der Waals surface area (Å²) in [5.41, 5.74) is 0.153. The lowest BCUT2D eigenvalue weighted by atomic mass is 9.81. The highest BCUT2D eigenvalue weighted by Crippen LogP contribution is 2.50. The molecule has 42 heavy (non-hydrogen) atoms. The maximum absolute atomic E-state index is 13.9. The summed E-state index contributed by atoms with van der Waals surface area (Å²) < 4.78 is 40.8. The molecule has 0 amide bonds. The smallest absolute Gasteiger partial charge is 0.187 e. The molecule has 6 rings (SSSR count). The first kappa shape index (κ1) is 28.9. The molecule has 0 radical (unpaired) electrons. The molecule has 5 N–H and O–H groups in total. The van der Waals surface area contributed by atoms with Gasteiger partial charge in [-0.2, -0.15) is 0 Å². The minimum atomic E-state index is -1.66. The van der Waals surface area contributed by atoms with Crippen LogP contribution in [0, 0.1) is 0 Å². The molecule has 1 saturated heterocycles. The SMILES string of the molecule is COc1cc2c(cc1OC)[C@H]1C(=O)c3ccc4c(c3O[C@@H]1CO2)C[C@@H]([C@](C)(CO)O[C@@H]1O[C@H](CO)[C@@H](O)[C@@H](O)[C@H]1O)O4. The molecule has 13 nitrogen and oxygen atoms in total. The van der Waals surface area contributed by atoms with Crippen molar-refractivity contribution < 1.29 is 63.5 Å². The second-order valence-corrected chi connectivity index (χ2v) is 11.1. The number of carbonyl (C=O) groups is 1. The van der Waals surface area contributed by atoms with Gasteiger partial charge in [0, 0.05) is 23.6 Å². The van der Waals surface area contributed by atoms with E-state index in [4.69, 9.17) is 33.2 Å². The van der Waals surface area contributed by atoms with Crippen molar-refractivity contribution in [3.63, 3.8) is 0 Å². The van der Waals surface area contributed by atoms with Crippen molar-refractivity contribution in [1.29, 1.82) is 0 Å². The van der Waals surface area contributed by atoms with Crippen LogP contribution in [0.3, 0.4) is 0 Å². The number of Topliss-reactive ketones (excluding diaryl/α,β-unsaturated/α-hetero) is 1. The number of carbonyl (C=O) groups excluding carboxylic acids is 1. The Balaban J connectivity index is 1.27. The fourth-order valence-electron chi connectivity index (χ4n) is 6.05. The molecule has 0 saturated carbocycles. The molecule has 0 aliphatic carbocycles. The van der Waals surface area contributed by atoms with Crippen LogP contribution in [0.1, 0.15) is 34.3 Å². The van der Waals surface area contributed by atoms with Crippen molar-refractivity contribution in [2.24, 2.45) is 0 Å². The first-order chi connectivity index (χ1) is 20.1. The van der Waals surface area contributed by atoms with Crippen molar-refractivity contribution in [2.45, 2.75) is 67.8 Å². The van der Waals surface area contributed by atoms with Crippen molar-refractivity contribution >= 4 is 5.78 Å². The van der Waals surface area contributed by atoms with Crippen molar-refractivity contribution in [1.82, 2.24) is 0 Å². The lowest BCUT2D eigenvalue weighted by molar-refractivity contribution is -0.335. The Morgan fingerprint density at radius 2 is 1.71 bits per heavy atom. The number of aliphatic hydroxyl groups excluding tert-OH is 5. The van der Waals surface area contributed by atoms with Crippen LogP contribution in [-0.2, 0) is 15.9 Å². The minimum Gasteiger partial charge on any atom is -0.493 e. The summed E-state index contributed by atoms with van der Waals surface area (Å²) in [6.07, 6.45) is -8.76. The molecule has 1 fully saturated rings. The van der Waals surface area contributed by atoms with E-state index in [2.05, 4.69) is 0 Å². The predicted molar refractivity (Wildman–Crippen MR) is 141 cm³/mol. The van der Waals surface area contributed by atoms with Crippen LogP contribution >= 0.6 is 0 Å². The third-order valence-electron chi connectivity index (χ3n) is 8.55. The quantitative estimate of drug-likeness (QED) is 0.284. The predicted octanol–water partition coefficient (Wildman–Crippen LogP) is -0.305. The molecule has 228 valence electrons. The molecule has 0 bridgehead atoms. The summed E-state index contributed by atoms with van der Waals surface area (Å²) in [4.78, 5) is 13.9. The van der Waals surface area contributed by atoms with Crippen LogP contribution in [0.15, 0.2) is 24.3 Å². The number of aliphatic hydroxyl groups is 5. The fourth-order valence-corrected chi connectivity index (χ4v) is 6.05. The standard InChI is InChI=1S/C29H34O13/c1-29(11-31,42-28-26(35)25(34)24(33)19(9-30)41-28)21-7-14-15(39-21)5-4-12-23(32)22-13-6-17(36-2)18(37-3)8-16(13)38-10-20(22)40-27(12)14/h4-6,8,19-22,24-26,28,30-31,33-35H,7,9-11H2,1-3H3/t19-,20-,21+,22-,24-,25-,26-,28+,29+/m1/s1. The topological polar surface area (TPSA) is 183 Å². The molecule has 4 heterocycles. The molecule has 4 aliphatic rings. The number of ether oxygens (including phenoxy) is 7. The molecule has 0 aromatic heterocycles. The summed E-state index contributed by atoms with van der Waals surface area (Å²) in [7, 11) is 3.04. The number of benzene rings is 2. The maximum atomic E-state index is 13.9. The largest absolute Gasteiger partial charge is 0.493 e. The second kappa shape index (κ2) is 10.8. The summed E-state index contributed by atoms with van der Waals surface area (Å²) in [5, 5.41) is 50.6. The Hall–Kier alpha value is -3.17. The molecule has 2 aromatic carbocycles. The van der Waals surface area contributed by atoms with E-state index in [1.807, 2.05) is 0 Å². The van der Waals surface area contributed by atoms with Crippen LogP contribution in [0.4, 0.5) is 0 Å². The average molecular weight is 591 g/mol. The highest BCUT2D eigenvalue weighted by Gasteiger charge is 2.51. The van der Waals surface area contributed by atoms with Crippen LogP contribution in [0.25, 0.3) is 0 Å². The van der Waals surface area contributed by atoms with E-state index in [-0.39, 0.29) is 18.8 Å². The van der Waals surface area contributed by atoms with Crippen LogP contribution in [0.5, 0.6) is 28.7 Å². The zero-order valence-electron chi connectivity index (χ0n) is 23.3. The Bertz CT molecular complexity index is 1360. The van der Waals surface area contributed by atoms with Gasteiger partial charge in [-0.15, -0.1) is 0 Å². The van der Waals surface area contributed by atoms with Gasteiger partial charge in [0.25, 0.3) is 0 Å². The number of rotatable bonds is 7.